The summed E-state index contributed by atoms with van der Waals surface area (Å²) >= 11 is 0. The maximum Gasteiger partial charge on any atom is 0.247 e. The van der Waals surface area contributed by atoms with Gasteiger partial charge in [0.1, 0.15) is 0 Å². The summed E-state index contributed by atoms with van der Waals surface area (Å²) in [5.41, 5.74) is 2.00. The van der Waals surface area contributed by atoms with Gasteiger partial charge in [-0.25, -0.2) is 0 Å². The second kappa shape index (κ2) is 10.7. The lowest BCUT2D eigenvalue weighted by atomic mass is 9.93. The Hall–Kier alpha value is -3.36. The molecule has 4 amide bonds. The van der Waals surface area contributed by atoms with E-state index in [1.54, 1.807) is 0 Å². The van der Waals surface area contributed by atoms with Gasteiger partial charge in [0, 0.05) is 0 Å². The Kier molecular flexibility index (Phi) is 7.25. The summed E-state index contributed by atoms with van der Waals surface area (Å²) in [6, 6.07) is 18.7. The predicted molar refractivity (Wildman–Crippen MR) is 133 cm³/mol. The minimum absolute atomic E-state index is 0.0129. The maximum absolute atomic E-state index is 12.2. The molecule has 4 fully saturated rings. The van der Waals surface area contributed by atoms with E-state index in [2.05, 4.69) is 10.6 Å². The molecular formula is C28H32N4O4. The number of fused-ring (bicyclic) bond motifs is 2. The molecule has 0 aromatic heterocycles. The highest BCUT2D eigenvalue weighted by Gasteiger charge is 2.49. The van der Waals surface area contributed by atoms with Gasteiger partial charge in [-0.2, -0.15) is 0 Å². The molecule has 0 bridgehead atoms. The first-order valence-corrected chi connectivity index (χ1v) is 12.8. The highest BCUT2D eigenvalue weighted by molar-refractivity contribution is 6.07. The number of hydrogen-bond acceptors (Lipinski definition) is 6. The average Bonchev–Trinajstić information content (AvgIpc) is 3.31. The number of benzene rings is 2. The molecule has 4 atom stereocenters. The standard InChI is InChI=1S/2C14H16N2O2/c2*17-13-11-7-4-8-15-12(11)14(18)16(13)9-10-5-2-1-3-6-10/h2*1-3,5-6,11-12,15H,4,7-9H2/t2*11-,12+/m10/s1. The van der Waals surface area contributed by atoms with Gasteiger partial charge < -0.3 is 10.6 Å². The van der Waals surface area contributed by atoms with Gasteiger partial charge in [-0.1, -0.05) is 60.7 Å². The van der Waals surface area contributed by atoms with Crippen LogP contribution in [0.3, 0.4) is 0 Å². The second-order valence-corrected chi connectivity index (χ2v) is 9.86. The molecule has 2 N–H and O–H groups in total. The van der Waals surface area contributed by atoms with Crippen LogP contribution in [0.1, 0.15) is 36.8 Å². The Bertz CT molecular complexity index is 985. The first-order valence-electron chi connectivity index (χ1n) is 12.8. The molecule has 4 heterocycles. The number of amides is 4. The number of rotatable bonds is 4. The van der Waals surface area contributed by atoms with E-state index in [0.717, 1.165) is 49.9 Å². The molecular weight excluding hydrogens is 456 g/mol. The van der Waals surface area contributed by atoms with Gasteiger partial charge in [-0.15, -0.1) is 0 Å². The normalized spacial score (nSPS) is 27.4. The first kappa shape index (κ1) is 24.3. The lowest BCUT2D eigenvalue weighted by Gasteiger charge is -2.21. The lowest BCUT2D eigenvalue weighted by molar-refractivity contribution is -0.141. The third-order valence-corrected chi connectivity index (χ3v) is 7.51. The molecule has 8 nitrogen and oxygen atoms in total. The van der Waals surface area contributed by atoms with E-state index in [9.17, 15) is 19.2 Å². The predicted octanol–water partition coefficient (Wildman–Crippen LogP) is 1.85. The lowest BCUT2D eigenvalue weighted by Crippen LogP contribution is -2.44. The van der Waals surface area contributed by atoms with Crippen LogP contribution < -0.4 is 10.6 Å². The molecule has 36 heavy (non-hydrogen) atoms. The van der Waals surface area contributed by atoms with Crippen molar-refractivity contribution in [2.45, 2.75) is 50.9 Å². The Morgan fingerprint density at radius 1 is 0.583 bits per heavy atom. The van der Waals surface area contributed by atoms with E-state index in [1.165, 1.54) is 9.80 Å². The summed E-state index contributed by atoms with van der Waals surface area (Å²) in [5, 5.41) is 6.33. The van der Waals surface area contributed by atoms with Gasteiger partial charge >= 0.3 is 0 Å². The number of piperidine rings is 2. The number of hydrogen-bond donors (Lipinski definition) is 2. The molecule has 0 spiro atoms. The summed E-state index contributed by atoms with van der Waals surface area (Å²) in [6.07, 6.45) is 3.60. The fourth-order valence-corrected chi connectivity index (χ4v) is 5.62. The van der Waals surface area contributed by atoms with E-state index >= 15 is 0 Å². The van der Waals surface area contributed by atoms with Crippen molar-refractivity contribution in [3.05, 3.63) is 71.8 Å². The zero-order valence-electron chi connectivity index (χ0n) is 20.3. The summed E-state index contributed by atoms with van der Waals surface area (Å²) in [7, 11) is 0. The SMILES string of the molecule is O=C1[C@H]2CCCN[C@H]2C(=O)N1Cc1ccccc1.O=C1[C@H]2NCCC[C@H]2C(=O)N1Cc1ccccc1. The van der Waals surface area contributed by atoms with Crippen molar-refractivity contribution in [2.75, 3.05) is 13.1 Å². The molecule has 8 heteroatoms. The van der Waals surface area contributed by atoms with Crippen LogP contribution in [-0.2, 0) is 32.3 Å². The number of carbonyl (C=O) groups excluding carboxylic acids is 4. The van der Waals surface area contributed by atoms with Crippen LogP contribution in [0, 0.1) is 11.8 Å². The van der Waals surface area contributed by atoms with E-state index < -0.39 is 0 Å². The number of nitrogens with one attached hydrogen (secondary N) is 2. The van der Waals surface area contributed by atoms with Crippen molar-refractivity contribution < 1.29 is 19.2 Å². The molecule has 2 aromatic carbocycles. The molecule has 2 aromatic rings. The summed E-state index contributed by atoms with van der Waals surface area (Å²) in [6.45, 7) is 2.46. The monoisotopic (exact) mass is 488 g/mol. The molecule has 0 unspecified atom stereocenters. The zero-order chi connectivity index (χ0) is 25.1. The van der Waals surface area contributed by atoms with Gasteiger partial charge in [0.05, 0.1) is 37.0 Å². The van der Waals surface area contributed by atoms with Gasteiger partial charge in [0.25, 0.3) is 0 Å². The molecule has 188 valence electrons. The van der Waals surface area contributed by atoms with Crippen molar-refractivity contribution in [3.63, 3.8) is 0 Å². The van der Waals surface area contributed by atoms with Crippen molar-refractivity contribution >= 4 is 23.6 Å². The Morgan fingerprint density at radius 3 is 1.33 bits per heavy atom. The Balaban J connectivity index is 0.000000148. The second-order valence-electron chi connectivity index (χ2n) is 9.86. The largest absolute Gasteiger partial charge is 0.305 e. The van der Waals surface area contributed by atoms with Gasteiger partial charge in [-0.3, -0.25) is 29.0 Å². The van der Waals surface area contributed by atoms with Crippen LogP contribution >= 0.6 is 0 Å². The third-order valence-electron chi connectivity index (χ3n) is 7.51. The molecule has 4 aliphatic rings. The highest BCUT2D eigenvalue weighted by atomic mass is 16.2. The maximum atomic E-state index is 12.2. The van der Waals surface area contributed by atoms with Gasteiger partial charge in [-0.05, 0) is 49.9 Å². The van der Waals surface area contributed by atoms with Gasteiger partial charge in [0.2, 0.25) is 23.6 Å². The van der Waals surface area contributed by atoms with Crippen molar-refractivity contribution in [1.82, 2.24) is 20.4 Å². The fraction of sp³-hybridized carbons (Fsp3) is 0.429. The molecule has 4 aliphatic heterocycles. The zero-order valence-corrected chi connectivity index (χ0v) is 20.3. The van der Waals surface area contributed by atoms with Crippen molar-refractivity contribution in [2.24, 2.45) is 11.8 Å². The quantitative estimate of drug-likeness (QED) is 0.638. The van der Waals surface area contributed by atoms with Crippen molar-refractivity contribution in [1.29, 1.82) is 0 Å². The number of nitrogens with zero attached hydrogens (tertiary/aromatic N) is 2. The molecule has 6 rings (SSSR count). The smallest absolute Gasteiger partial charge is 0.247 e. The molecule has 4 saturated heterocycles. The topological polar surface area (TPSA) is 98.8 Å². The fourth-order valence-electron chi connectivity index (χ4n) is 5.62. The van der Waals surface area contributed by atoms with Crippen LogP contribution in [0.5, 0.6) is 0 Å². The van der Waals surface area contributed by atoms with E-state index in [4.69, 9.17) is 0 Å². The average molecular weight is 489 g/mol. The summed E-state index contributed by atoms with van der Waals surface area (Å²) in [5.74, 6) is -0.436. The first-order chi connectivity index (χ1) is 17.5. The highest BCUT2D eigenvalue weighted by Crippen LogP contribution is 2.29. The van der Waals surface area contributed by atoms with Crippen LogP contribution in [-0.4, -0.2) is 58.6 Å². The van der Waals surface area contributed by atoms with E-state index in [0.29, 0.717) is 13.1 Å². The summed E-state index contributed by atoms with van der Waals surface area (Å²) < 4.78 is 0. The van der Waals surface area contributed by atoms with Crippen LogP contribution in [0.4, 0.5) is 0 Å². The minimum Gasteiger partial charge on any atom is -0.305 e. The third kappa shape index (κ3) is 4.83. The number of carbonyl (C=O) groups is 4. The molecule has 0 saturated carbocycles. The van der Waals surface area contributed by atoms with Gasteiger partial charge in [0.15, 0.2) is 0 Å². The number of likely N-dealkylation sites (tertiary alicyclic amines) is 2. The van der Waals surface area contributed by atoms with Crippen LogP contribution in [0.25, 0.3) is 0 Å². The minimum atomic E-state index is -0.282. The molecule has 0 radical (unpaired) electrons. The van der Waals surface area contributed by atoms with E-state index in [1.807, 2.05) is 60.7 Å². The number of imide groups is 2. The van der Waals surface area contributed by atoms with Crippen LogP contribution in [0.2, 0.25) is 0 Å². The Morgan fingerprint density at radius 2 is 0.972 bits per heavy atom. The van der Waals surface area contributed by atoms with E-state index in [-0.39, 0.29) is 47.5 Å². The molecule has 0 aliphatic carbocycles. The van der Waals surface area contributed by atoms with Crippen molar-refractivity contribution in [3.8, 4) is 0 Å². The Labute approximate surface area is 211 Å². The summed E-state index contributed by atoms with van der Waals surface area (Å²) in [4.78, 5) is 51.6. The van der Waals surface area contributed by atoms with Crippen LogP contribution in [0.15, 0.2) is 60.7 Å².